The molecular formula is C19H16BrN3O3. The number of rotatable bonds is 4. The maximum Gasteiger partial charge on any atom is 0.270 e. The van der Waals surface area contributed by atoms with Gasteiger partial charge in [0.25, 0.3) is 5.91 Å². The number of fused-ring (bicyclic) bond motifs is 1. The molecule has 1 amide bonds. The highest BCUT2D eigenvalue weighted by Crippen LogP contribution is 2.31. The predicted octanol–water partition coefficient (Wildman–Crippen LogP) is 3.47. The van der Waals surface area contributed by atoms with Gasteiger partial charge in [-0.15, -0.1) is 0 Å². The topological polar surface area (TPSA) is 65.4 Å². The number of aromatic nitrogens is 2. The number of para-hydroxylation sites is 2. The van der Waals surface area contributed by atoms with Gasteiger partial charge in [-0.1, -0.05) is 46.3 Å². The number of carbonyl (C=O) groups excluding carboxylic acids is 1. The van der Waals surface area contributed by atoms with Crippen LogP contribution in [0.1, 0.15) is 5.56 Å². The van der Waals surface area contributed by atoms with E-state index in [9.17, 15) is 4.79 Å². The number of halogens is 1. The zero-order valence-corrected chi connectivity index (χ0v) is 15.3. The average molecular weight is 414 g/mol. The van der Waals surface area contributed by atoms with E-state index >= 15 is 0 Å². The Labute approximate surface area is 158 Å². The fraction of sp³-hybridized carbons (Fsp3) is 0.158. The van der Waals surface area contributed by atoms with Crippen molar-refractivity contribution in [2.45, 2.75) is 12.6 Å². The number of amides is 1. The zero-order valence-electron chi connectivity index (χ0n) is 13.8. The van der Waals surface area contributed by atoms with Crippen LogP contribution in [0, 0.1) is 0 Å². The summed E-state index contributed by atoms with van der Waals surface area (Å²) in [5, 5.41) is 7.17. The minimum atomic E-state index is -0.711. The molecular weight excluding hydrogens is 398 g/mol. The highest BCUT2D eigenvalue weighted by Gasteiger charge is 2.27. The van der Waals surface area contributed by atoms with Gasteiger partial charge in [0.05, 0.1) is 12.7 Å². The van der Waals surface area contributed by atoms with Crippen LogP contribution >= 0.6 is 15.9 Å². The van der Waals surface area contributed by atoms with E-state index in [1.165, 1.54) is 0 Å². The van der Waals surface area contributed by atoms with Crippen molar-refractivity contribution in [2.75, 3.05) is 11.9 Å². The molecule has 0 bridgehead atoms. The molecule has 0 saturated heterocycles. The van der Waals surface area contributed by atoms with Crippen molar-refractivity contribution in [1.82, 2.24) is 9.78 Å². The molecule has 0 saturated carbocycles. The van der Waals surface area contributed by atoms with Crippen LogP contribution in [0.25, 0.3) is 0 Å². The van der Waals surface area contributed by atoms with E-state index in [0.29, 0.717) is 23.9 Å². The third-order valence-electron chi connectivity index (χ3n) is 4.05. The number of nitrogens with one attached hydrogen (secondary N) is 1. The quantitative estimate of drug-likeness (QED) is 0.710. The standard InChI is InChI=1S/C19H16BrN3O3/c20-14-6-2-1-5-13(14)11-23-18(9-10-21-23)22-19(24)17-12-25-15-7-3-4-8-16(15)26-17/h1-10,17H,11-12H2,(H,22,24). The van der Waals surface area contributed by atoms with Gasteiger partial charge in [-0.3, -0.25) is 4.79 Å². The molecule has 132 valence electrons. The summed E-state index contributed by atoms with van der Waals surface area (Å²) in [7, 11) is 0. The molecule has 1 unspecified atom stereocenters. The smallest absolute Gasteiger partial charge is 0.270 e. The lowest BCUT2D eigenvalue weighted by molar-refractivity contribution is -0.125. The summed E-state index contributed by atoms with van der Waals surface area (Å²) in [6, 6.07) is 17.0. The molecule has 6 nitrogen and oxygen atoms in total. The fourth-order valence-corrected chi connectivity index (χ4v) is 3.12. The molecule has 2 heterocycles. The second-order valence-electron chi connectivity index (χ2n) is 5.82. The van der Waals surface area contributed by atoms with Gasteiger partial charge in [-0.05, 0) is 23.8 Å². The van der Waals surface area contributed by atoms with Crippen molar-refractivity contribution in [3.63, 3.8) is 0 Å². The van der Waals surface area contributed by atoms with Crippen molar-refractivity contribution in [2.24, 2.45) is 0 Å². The van der Waals surface area contributed by atoms with Crippen molar-refractivity contribution < 1.29 is 14.3 Å². The summed E-state index contributed by atoms with van der Waals surface area (Å²) >= 11 is 3.53. The first kappa shape index (κ1) is 16.7. The van der Waals surface area contributed by atoms with Gasteiger partial charge in [0.15, 0.2) is 11.5 Å². The summed E-state index contributed by atoms with van der Waals surface area (Å²) in [6.45, 7) is 0.704. The monoisotopic (exact) mass is 413 g/mol. The van der Waals surface area contributed by atoms with Crippen molar-refractivity contribution in [3.05, 3.63) is 70.8 Å². The molecule has 0 radical (unpaired) electrons. The van der Waals surface area contributed by atoms with Gasteiger partial charge < -0.3 is 14.8 Å². The van der Waals surface area contributed by atoms with Crippen LogP contribution in [0.3, 0.4) is 0 Å². The molecule has 26 heavy (non-hydrogen) atoms. The fourth-order valence-electron chi connectivity index (χ4n) is 2.71. The Bertz CT molecular complexity index is 941. The van der Waals surface area contributed by atoms with Gasteiger partial charge >= 0.3 is 0 Å². The van der Waals surface area contributed by atoms with Crippen molar-refractivity contribution in [3.8, 4) is 11.5 Å². The molecule has 0 fully saturated rings. The lowest BCUT2D eigenvalue weighted by Gasteiger charge is -2.25. The lowest BCUT2D eigenvalue weighted by atomic mass is 10.2. The van der Waals surface area contributed by atoms with E-state index in [1.54, 1.807) is 23.0 Å². The van der Waals surface area contributed by atoms with E-state index < -0.39 is 6.10 Å². The van der Waals surface area contributed by atoms with E-state index in [2.05, 4.69) is 26.3 Å². The van der Waals surface area contributed by atoms with Crippen molar-refractivity contribution in [1.29, 1.82) is 0 Å². The molecule has 4 rings (SSSR count). The van der Waals surface area contributed by atoms with E-state index in [0.717, 1.165) is 10.0 Å². The third-order valence-corrected chi connectivity index (χ3v) is 4.82. The average Bonchev–Trinajstić information content (AvgIpc) is 3.10. The van der Waals surface area contributed by atoms with E-state index in [4.69, 9.17) is 9.47 Å². The number of benzene rings is 2. The predicted molar refractivity (Wildman–Crippen MR) is 100 cm³/mol. The Hall–Kier alpha value is -2.80. The summed E-state index contributed by atoms with van der Waals surface area (Å²) in [4.78, 5) is 12.6. The second kappa shape index (κ2) is 7.21. The number of carbonyl (C=O) groups is 1. The number of anilines is 1. The molecule has 2 aromatic carbocycles. The van der Waals surface area contributed by atoms with Crippen LogP contribution in [0.2, 0.25) is 0 Å². The SMILES string of the molecule is O=C(Nc1ccnn1Cc1ccccc1Br)C1COc2ccccc2O1. The van der Waals surface area contributed by atoms with Crippen LogP contribution in [0.5, 0.6) is 11.5 Å². The molecule has 1 N–H and O–H groups in total. The van der Waals surface area contributed by atoms with Crippen molar-refractivity contribution >= 4 is 27.7 Å². The van der Waals surface area contributed by atoms with Gasteiger partial charge in [-0.2, -0.15) is 5.10 Å². The summed E-state index contributed by atoms with van der Waals surface area (Å²) in [5.41, 5.74) is 1.07. The first-order chi connectivity index (χ1) is 12.7. The summed E-state index contributed by atoms with van der Waals surface area (Å²) in [5.74, 6) is 1.55. The molecule has 1 aliphatic rings. The molecule has 3 aromatic rings. The maximum absolute atomic E-state index is 12.6. The Morgan fingerprint density at radius 3 is 2.77 bits per heavy atom. The van der Waals surface area contributed by atoms with Crippen LogP contribution in [0.15, 0.2) is 65.3 Å². The van der Waals surface area contributed by atoms with Gasteiger partial charge in [0.1, 0.15) is 12.4 Å². The minimum Gasteiger partial charge on any atom is -0.485 e. The van der Waals surface area contributed by atoms with Crippen LogP contribution in [-0.4, -0.2) is 28.4 Å². The van der Waals surface area contributed by atoms with Crippen LogP contribution in [-0.2, 0) is 11.3 Å². The zero-order chi connectivity index (χ0) is 17.9. The minimum absolute atomic E-state index is 0.168. The number of ether oxygens (including phenoxy) is 2. The number of nitrogens with zero attached hydrogens (tertiary/aromatic N) is 2. The summed E-state index contributed by atoms with van der Waals surface area (Å²) < 4.78 is 14.1. The van der Waals surface area contributed by atoms with E-state index in [-0.39, 0.29) is 12.5 Å². The molecule has 1 atom stereocenters. The van der Waals surface area contributed by atoms with Crippen LogP contribution < -0.4 is 14.8 Å². The lowest BCUT2D eigenvalue weighted by Crippen LogP contribution is -2.40. The Morgan fingerprint density at radius 1 is 1.15 bits per heavy atom. The number of hydrogen-bond acceptors (Lipinski definition) is 4. The third kappa shape index (κ3) is 3.43. The van der Waals surface area contributed by atoms with Gasteiger partial charge in [-0.25, -0.2) is 4.68 Å². The molecule has 0 spiro atoms. The molecule has 0 aliphatic carbocycles. The summed E-state index contributed by atoms with van der Waals surface area (Å²) in [6.07, 6.45) is 0.941. The highest BCUT2D eigenvalue weighted by atomic mass is 79.9. The first-order valence-electron chi connectivity index (χ1n) is 8.15. The van der Waals surface area contributed by atoms with Gasteiger partial charge in [0.2, 0.25) is 6.10 Å². The molecule has 7 heteroatoms. The highest BCUT2D eigenvalue weighted by molar-refractivity contribution is 9.10. The van der Waals surface area contributed by atoms with Crippen LogP contribution in [0.4, 0.5) is 5.82 Å². The normalized spacial score (nSPS) is 15.5. The number of hydrogen-bond donors (Lipinski definition) is 1. The van der Waals surface area contributed by atoms with E-state index in [1.807, 2.05) is 42.5 Å². The Kier molecular flexibility index (Phi) is 4.62. The first-order valence-corrected chi connectivity index (χ1v) is 8.94. The maximum atomic E-state index is 12.6. The Morgan fingerprint density at radius 2 is 1.92 bits per heavy atom. The Balaban J connectivity index is 1.46. The second-order valence-corrected chi connectivity index (χ2v) is 6.67. The largest absolute Gasteiger partial charge is 0.485 e. The van der Waals surface area contributed by atoms with Gasteiger partial charge in [0, 0.05) is 10.5 Å². The molecule has 1 aliphatic heterocycles. The molecule has 1 aromatic heterocycles.